The maximum absolute atomic E-state index is 9.78. The lowest BCUT2D eigenvalue weighted by molar-refractivity contribution is 0.0795. The van der Waals surface area contributed by atoms with E-state index in [9.17, 15) is 10.2 Å². The summed E-state index contributed by atoms with van der Waals surface area (Å²) in [4.78, 5) is 0. The van der Waals surface area contributed by atoms with Crippen molar-refractivity contribution in [2.24, 2.45) is 5.92 Å². The molecule has 2 fully saturated rings. The van der Waals surface area contributed by atoms with Crippen molar-refractivity contribution in [2.75, 3.05) is 6.54 Å². The molecule has 0 aliphatic heterocycles. The first-order valence-corrected chi connectivity index (χ1v) is 6.37. The third kappa shape index (κ3) is 2.92. The highest BCUT2D eigenvalue weighted by Gasteiger charge is 2.28. The zero-order valence-electron chi connectivity index (χ0n) is 9.36. The molecule has 15 heavy (non-hydrogen) atoms. The van der Waals surface area contributed by atoms with E-state index in [-0.39, 0.29) is 18.2 Å². The number of nitrogens with one attached hydrogen (secondary N) is 1. The van der Waals surface area contributed by atoms with Gasteiger partial charge in [-0.25, -0.2) is 0 Å². The SMILES string of the molecule is OC1CCCC1CN[C@@H]1CCCC[C@H]1O. The van der Waals surface area contributed by atoms with Crippen LogP contribution in [0.2, 0.25) is 0 Å². The number of hydrogen-bond acceptors (Lipinski definition) is 3. The van der Waals surface area contributed by atoms with Crippen molar-refractivity contribution < 1.29 is 10.2 Å². The molecule has 3 N–H and O–H groups in total. The maximum Gasteiger partial charge on any atom is 0.0693 e. The van der Waals surface area contributed by atoms with Gasteiger partial charge in [0.25, 0.3) is 0 Å². The van der Waals surface area contributed by atoms with Crippen LogP contribution in [0.5, 0.6) is 0 Å². The monoisotopic (exact) mass is 213 g/mol. The second kappa shape index (κ2) is 5.28. The van der Waals surface area contributed by atoms with Crippen LogP contribution in [-0.4, -0.2) is 35.0 Å². The van der Waals surface area contributed by atoms with Gasteiger partial charge in [-0.05, 0) is 31.6 Å². The van der Waals surface area contributed by atoms with E-state index in [1.807, 2.05) is 0 Å². The first kappa shape index (κ1) is 11.4. The van der Waals surface area contributed by atoms with Gasteiger partial charge in [0.15, 0.2) is 0 Å². The number of rotatable bonds is 3. The summed E-state index contributed by atoms with van der Waals surface area (Å²) >= 11 is 0. The van der Waals surface area contributed by atoms with Gasteiger partial charge in [0, 0.05) is 12.6 Å². The molecule has 3 nitrogen and oxygen atoms in total. The van der Waals surface area contributed by atoms with Crippen LogP contribution >= 0.6 is 0 Å². The normalized spacial score (nSPS) is 42.0. The predicted octanol–water partition coefficient (Wildman–Crippen LogP) is 1.04. The van der Waals surface area contributed by atoms with Gasteiger partial charge in [0.1, 0.15) is 0 Å². The predicted molar refractivity (Wildman–Crippen MR) is 59.6 cm³/mol. The van der Waals surface area contributed by atoms with Gasteiger partial charge in [0.05, 0.1) is 12.2 Å². The quantitative estimate of drug-likeness (QED) is 0.656. The molecular formula is C12H23NO2. The molecular weight excluding hydrogens is 190 g/mol. The molecule has 2 aliphatic carbocycles. The Morgan fingerprint density at radius 3 is 2.27 bits per heavy atom. The van der Waals surface area contributed by atoms with Gasteiger partial charge in [-0.3, -0.25) is 0 Å². The molecule has 88 valence electrons. The maximum atomic E-state index is 9.78. The van der Waals surface area contributed by atoms with E-state index in [0.29, 0.717) is 5.92 Å². The fourth-order valence-corrected chi connectivity index (χ4v) is 2.91. The van der Waals surface area contributed by atoms with Gasteiger partial charge < -0.3 is 15.5 Å². The van der Waals surface area contributed by atoms with Crippen molar-refractivity contribution in [3.63, 3.8) is 0 Å². The highest BCUT2D eigenvalue weighted by atomic mass is 16.3. The van der Waals surface area contributed by atoms with E-state index in [0.717, 1.165) is 45.1 Å². The second-order valence-electron chi connectivity index (χ2n) is 5.12. The summed E-state index contributed by atoms with van der Waals surface area (Å²) in [6.45, 7) is 0.878. The standard InChI is InChI=1S/C12H23NO2/c14-11-7-3-4-9(11)8-13-10-5-1-2-6-12(10)15/h9-15H,1-8H2/t9?,10-,11?,12-/m1/s1. The Bertz CT molecular complexity index is 198. The minimum atomic E-state index is -0.169. The Morgan fingerprint density at radius 1 is 0.867 bits per heavy atom. The smallest absolute Gasteiger partial charge is 0.0693 e. The molecule has 0 aromatic carbocycles. The Hall–Kier alpha value is -0.120. The Labute approximate surface area is 91.9 Å². The zero-order chi connectivity index (χ0) is 10.7. The molecule has 2 aliphatic rings. The van der Waals surface area contributed by atoms with Crippen molar-refractivity contribution in [1.29, 1.82) is 0 Å². The summed E-state index contributed by atoms with van der Waals surface area (Å²) < 4.78 is 0. The third-order valence-corrected chi connectivity index (χ3v) is 3.99. The molecule has 0 aromatic heterocycles. The molecule has 0 amide bonds. The van der Waals surface area contributed by atoms with Crippen LogP contribution in [0.4, 0.5) is 0 Å². The van der Waals surface area contributed by atoms with Gasteiger partial charge in [-0.1, -0.05) is 19.3 Å². The van der Waals surface area contributed by atoms with Crippen molar-refractivity contribution in [1.82, 2.24) is 5.32 Å². The lowest BCUT2D eigenvalue weighted by Crippen LogP contribution is -2.44. The van der Waals surface area contributed by atoms with E-state index in [1.165, 1.54) is 6.42 Å². The van der Waals surface area contributed by atoms with Crippen LogP contribution in [0.25, 0.3) is 0 Å². The van der Waals surface area contributed by atoms with E-state index < -0.39 is 0 Å². The van der Waals surface area contributed by atoms with E-state index in [4.69, 9.17) is 0 Å². The molecule has 0 saturated heterocycles. The summed E-state index contributed by atoms with van der Waals surface area (Å²) in [6, 6.07) is 0.270. The molecule has 0 aromatic rings. The lowest BCUT2D eigenvalue weighted by atomic mass is 9.92. The topological polar surface area (TPSA) is 52.5 Å². The van der Waals surface area contributed by atoms with Crippen LogP contribution in [0.1, 0.15) is 44.9 Å². The van der Waals surface area contributed by atoms with E-state index in [1.54, 1.807) is 0 Å². The third-order valence-electron chi connectivity index (χ3n) is 3.99. The highest BCUT2D eigenvalue weighted by molar-refractivity contribution is 4.84. The van der Waals surface area contributed by atoms with Crippen LogP contribution < -0.4 is 5.32 Å². The molecule has 2 saturated carbocycles. The van der Waals surface area contributed by atoms with Crippen LogP contribution in [-0.2, 0) is 0 Å². The van der Waals surface area contributed by atoms with E-state index in [2.05, 4.69) is 5.32 Å². The van der Waals surface area contributed by atoms with Crippen molar-refractivity contribution in [3.8, 4) is 0 Å². The first-order chi connectivity index (χ1) is 7.27. The zero-order valence-corrected chi connectivity index (χ0v) is 9.36. The van der Waals surface area contributed by atoms with Gasteiger partial charge >= 0.3 is 0 Å². The molecule has 2 unspecified atom stereocenters. The number of hydrogen-bond donors (Lipinski definition) is 3. The fourth-order valence-electron chi connectivity index (χ4n) is 2.91. The summed E-state index contributed by atoms with van der Waals surface area (Å²) in [5.41, 5.74) is 0. The Kier molecular flexibility index (Phi) is 4.00. The van der Waals surface area contributed by atoms with Crippen LogP contribution in [0.3, 0.4) is 0 Å². The Morgan fingerprint density at radius 2 is 1.60 bits per heavy atom. The van der Waals surface area contributed by atoms with E-state index >= 15 is 0 Å². The molecule has 0 spiro atoms. The molecule has 2 rings (SSSR count). The highest BCUT2D eigenvalue weighted by Crippen LogP contribution is 2.25. The molecule has 0 radical (unpaired) electrons. The second-order valence-corrected chi connectivity index (χ2v) is 5.12. The summed E-state index contributed by atoms with van der Waals surface area (Å²) in [7, 11) is 0. The minimum Gasteiger partial charge on any atom is -0.393 e. The summed E-state index contributed by atoms with van der Waals surface area (Å²) in [5, 5.41) is 22.9. The average Bonchev–Trinajstić information content (AvgIpc) is 2.63. The average molecular weight is 213 g/mol. The molecule has 4 atom stereocenters. The first-order valence-electron chi connectivity index (χ1n) is 6.37. The largest absolute Gasteiger partial charge is 0.393 e. The number of aliphatic hydroxyl groups excluding tert-OH is 2. The molecule has 0 bridgehead atoms. The van der Waals surface area contributed by atoms with Gasteiger partial charge in [-0.15, -0.1) is 0 Å². The minimum absolute atomic E-state index is 0.113. The molecule has 3 heteroatoms. The van der Waals surface area contributed by atoms with Crippen molar-refractivity contribution >= 4 is 0 Å². The number of aliphatic hydroxyl groups is 2. The lowest BCUT2D eigenvalue weighted by Gasteiger charge is -2.30. The summed E-state index contributed by atoms with van der Waals surface area (Å²) in [5.74, 6) is 0.416. The van der Waals surface area contributed by atoms with Crippen molar-refractivity contribution in [3.05, 3.63) is 0 Å². The van der Waals surface area contributed by atoms with Gasteiger partial charge in [-0.2, -0.15) is 0 Å². The van der Waals surface area contributed by atoms with Crippen LogP contribution in [0.15, 0.2) is 0 Å². The van der Waals surface area contributed by atoms with Crippen LogP contribution in [0, 0.1) is 5.92 Å². The molecule has 0 heterocycles. The summed E-state index contributed by atoms with van der Waals surface area (Å²) in [6.07, 6.45) is 7.37. The van der Waals surface area contributed by atoms with Crippen molar-refractivity contribution in [2.45, 2.75) is 63.2 Å². The Balaban J connectivity index is 1.72. The fraction of sp³-hybridized carbons (Fsp3) is 1.00. The van der Waals surface area contributed by atoms with Gasteiger partial charge in [0.2, 0.25) is 0 Å².